The smallest absolute Gasteiger partial charge is 0.164 e. The van der Waals surface area contributed by atoms with E-state index in [1.165, 1.54) is 5.56 Å². The number of Topliss-reactive ketones (excluding diaryl/α,β-unsaturated/α-hetero) is 1. The van der Waals surface area contributed by atoms with Crippen LogP contribution < -0.4 is 9.47 Å². The molecule has 0 saturated heterocycles. The molecule has 4 heteroatoms. The van der Waals surface area contributed by atoms with E-state index in [4.69, 9.17) is 9.47 Å². The van der Waals surface area contributed by atoms with Crippen molar-refractivity contribution < 1.29 is 14.3 Å². The van der Waals surface area contributed by atoms with Crippen LogP contribution in [0, 0.1) is 12.8 Å². The van der Waals surface area contributed by atoms with E-state index in [-0.39, 0.29) is 5.78 Å². The van der Waals surface area contributed by atoms with Crippen molar-refractivity contribution >= 4 is 5.78 Å². The Balaban J connectivity index is 1.97. The van der Waals surface area contributed by atoms with Gasteiger partial charge in [-0.2, -0.15) is 0 Å². The minimum Gasteiger partial charge on any atom is -0.493 e. The molecule has 1 atom stereocenters. The molecule has 144 valence electrons. The van der Waals surface area contributed by atoms with E-state index in [1.54, 1.807) is 14.2 Å². The first-order valence-corrected chi connectivity index (χ1v) is 9.59. The van der Waals surface area contributed by atoms with Gasteiger partial charge in [0.15, 0.2) is 17.3 Å². The van der Waals surface area contributed by atoms with E-state index in [0.29, 0.717) is 23.8 Å². The fraction of sp³-hybridized carbons (Fsp3) is 0.292. The number of hydrogen-bond donors (Lipinski definition) is 0. The van der Waals surface area contributed by atoms with Gasteiger partial charge < -0.3 is 14.0 Å². The summed E-state index contributed by atoms with van der Waals surface area (Å²) < 4.78 is 13.1. The molecule has 0 spiro atoms. The van der Waals surface area contributed by atoms with Crippen molar-refractivity contribution in [2.45, 2.75) is 26.7 Å². The summed E-state index contributed by atoms with van der Waals surface area (Å²) in [6, 6.07) is 16.4. The number of fused-ring (bicyclic) bond motifs is 1. The molecular weight excluding hydrogens is 350 g/mol. The molecule has 1 aliphatic rings. The van der Waals surface area contributed by atoms with Crippen LogP contribution in [0.3, 0.4) is 0 Å². The largest absolute Gasteiger partial charge is 0.493 e. The monoisotopic (exact) mass is 375 g/mol. The van der Waals surface area contributed by atoms with E-state index < -0.39 is 0 Å². The van der Waals surface area contributed by atoms with Gasteiger partial charge in [0.2, 0.25) is 0 Å². The Hall–Kier alpha value is -3.01. The van der Waals surface area contributed by atoms with Crippen LogP contribution in [0.4, 0.5) is 0 Å². The number of benzene rings is 2. The summed E-state index contributed by atoms with van der Waals surface area (Å²) in [6.45, 7) is 4.21. The highest BCUT2D eigenvalue weighted by atomic mass is 16.5. The van der Waals surface area contributed by atoms with Crippen molar-refractivity contribution in [2.24, 2.45) is 5.92 Å². The van der Waals surface area contributed by atoms with Gasteiger partial charge in [0, 0.05) is 29.4 Å². The first kappa shape index (κ1) is 18.4. The molecule has 0 aliphatic heterocycles. The number of carbonyl (C=O) groups excluding carboxylic acids is 1. The molecule has 0 bridgehead atoms. The second kappa shape index (κ2) is 7.19. The Labute approximate surface area is 165 Å². The van der Waals surface area contributed by atoms with Crippen LogP contribution in [0.1, 0.15) is 35.0 Å². The van der Waals surface area contributed by atoms with Crippen LogP contribution in [0.2, 0.25) is 0 Å². The number of aromatic nitrogens is 1. The zero-order valence-corrected chi connectivity index (χ0v) is 16.8. The van der Waals surface area contributed by atoms with Gasteiger partial charge >= 0.3 is 0 Å². The van der Waals surface area contributed by atoms with Gasteiger partial charge in [-0.05, 0) is 43.0 Å². The van der Waals surface area contributed by atoms with Gasteiger partial charge in [-0.3, -0.25) is 4.79 Å². The van der Waals surface area contributed by atoms with Crippen molar-refractivity contribution in [1.29, 1.82) is 0 Å². The Kier molecular flexibility index (Phi) is 4.71. The topological polar surface area (TPSA) is 40.5 Å². The third kappa shape index (κ3) is 3.09. The fourth-order valence-electron chi connectivity index (χ4n) is 4.02. The summed E-state index contributed by atoms with van der Waals surface area (Å²) in [5.41, 5.74) is 6.21. The van der Waals surface area contributed by atoms with Crippen LogP contribution >= 0.6 is 0 Å². The normalized spacial score (nSPS) is 16.0. The minimum absolute atomic E-state index is 0.223. The maximum Gasteiger partial charge on any atom is 0.164 e. The van der Waals surface area contributed by atoms with Gasteiger partial charge in [-0.25, -0.2) is 0 Å². The van der Waals surface area contributed by atoms with Gasteiger partial charge in [-0.15, -0.1) is 0 Å². The van der Waals surface area contributed by atoms with Crippen LogP contribution in [0.15, 0.2) is 48.5 Å². The molecular formula is C24H25NO3. The number of aryl methyl sites for hydroxylation is 1. The number of rotatable bonds is 4. The van der Waals surface area contributed by atoms with Crippen molar-refractivity contribution in [3.8, 4) is 28.4 Å². The summed E-state index contributed by atoms with van der Waals surface area (Å²) in [6.07, 6.45) is 1.48. The number of methoxy groups -OCH3 is 2. The zero-order valence-electron chi connectivity index (χ0n) is 16.8. The average molecular weight is 375 g/mol. The minimum atomic E-state index is 0.223. The van der Waals surface area contributed by atoms with E-state index in [2.05, 4.69) is 42.7 Å². The van der Waals surface area contributed by atoms with Gasteiger partial charge in [-0.1, -0.05) is 36.8 Å². The highest BCUT2D eigenvalue weighted by Gasteiger charge is 2.29. The van der Waals surface area contributed by atoms with E-state index in [1.807, 2.05) is 24.3 Å². The summed E-state index contributed by atoms with van der Waals surface area (Å²) in [7, 11) is 3.27. The molecule has 3 aromatic rings. The van der Waals surface area contributed by atoms with Crippen LogP contribution in [-0.2, 0) is 6.42 Å². The third-order valence-corrected chi connectivity index (χ3v) is 5.45. The quantitative estimate of drug-likeness (QED) is 0.626. The van der Waals surface area contributed by atoms with E-state index in [0.717, 1.165) is 34.6 Å². The highest BCUT2D eigenvalue weighted by Crippen LogP contribution is 2.38. The second-order valence-electron chi connectivity index (χ2n) is 7.57. The molecule has 4 nitrogen and oxygen atoms in total. The number of hydrogen-bond acceptors (Lipinski definition) is 3. The summed E-state index contributed by atoms with van der Waals surface area (Å²) in [5, 5.41) is 0. The molecule has 0 radical (unpaired) electrons. The van der Waals surface area contributed by atoms with Crippen molar-refractivity contribution in [2.75, 3.05) is 14.2 Å². The van der Waals surface area contributed by atoms with Crippen LogP contribution in [-0.4, -0.2) is 24.6 Å². The molecule has 0 saturated carbocycles. The molecule has 28 heavy (non-hydrogen) atoms. The van der Waals surface area contributed by atoms with Crippen molar-refractivity contribution in [1.82, 2.24) is 4.57 Å². The van der Waals surface area contributed by atoms with Crippen LogP contribution in [0.5, 0.6) is 11.5 Å². The lowest BCUT2D eigenvalue weighted by molar-refractivity contribution is 0.0952. The van der Waals surface area contributed by atoms with E-state index >= 15 is 0 Å². The fourth-order valence-corrected chi connectivity index (χ4v) is 4.02. The molecule has 1 aromatic heterocycles. The number of ether oxygens (including phenoxy) is 2. The molecule has 0 N–H and O–H groups in total. The molecule has 0 fully saturated rings. The number of carbonyl (C=O) groups is 1. The highest BCUT2D eigenvalue weighted by molar-refractivity contribution is 6.00. The van der Waals surface area contributed by atoms with Crippen LogP contribution in [0.25, 0.3) is 16.9 Å². The third-order valence-electron chi connectivity index (χ3n) is 5.45. The lowest BCUT2D eigenvalue weighted by Gasteiger charge is -2.21. The molecule has 1 unspecified atom stereocenters. The van der Waals surface area contributed by atoms with E-state index in [9.17, 15) is 4.79 Å². The second-order valence-corrected chi connectivity index (χ2v) is 7.57. The average Bonchev–Trinajstić information content (AvgIpc) is 3.07. The summed E-state index contributed by atoms with van der Waals surface area (Å²) in [5.74, 6) is 1.92. The standard InChI is InChI=1S/C24H25NO3/c1-15-5-7-17(8-6-15)20-14-19-21(11-16(2)12-22(19)26)25(20)18-9-10-23(27-3)24(13-18)28-4/h5-10,13-14,16H,11-12H2,1-4H3. The first-order chi connectivity index (χ1) is 13.5. The Morgan fingerprint density at radius 1 is 0.929 bits per heavy atom. The molecule has 0 amide bonds. The molecule has 2 aromatic carbocycles. The zero-order chi connectivity index (χ0) is 19.8. The predicted octanol–water partition coefficient (Wildman–Crippen LogP) is 5.23. The van der Waals surface area contributed by atoms with Crippen molar-refractivity contribution in [3.63, 3.8) is 0 Å². The SMILES string of the molecule is COc1ccc(-n2c(-c3ccc(C)cc3)cc3c2CC(C)CC3=O)cc1OC. The van der Waals surface area contributed by atoms with Crippen molar-refractivity contribution in [3.05, 3.63) is 65.4 Å². The molecule has 1 aliphatic carbocycles. The summed E-state index contributed by atoms with van der Waals surface area (Å²) >= 11 is 0. The Morgan fingerprint density at radius 3 is 2.32 bits per heavy atom. The van der Waals surface area contributed by atoms with Gasteiger partial charge in [0.25, 0.3) is 0 Å². The van der Waals surface area contributed by atoms with Gasteiger partial charge in [0.1, 0.15) is 0 Å². The lowest BCUT2D eigenvalue weighted by atomic mass is 9.88. The van der Waals surface area contributed by atoms with Gasteiger partial charge in [0.05, 0.1) is 19.9 Å². The Bertz CT molecular complexity index is 1030. The predicted molar refractivity (Wildman–Crippen MR) is 111 cm³/mol. The Morgan fingerprint density at radius 2 is 1.64 bits per heavy atom. The summed E-state index contributed by atoms with van der Waals surface area (Å²) in [4.78, 5) is 12.7. The maximum atomic E-state index is 12.7. The molecule has 4 rings (SSSR count). The number of nitrogens with zero attached hydrogens (tertiary/aromatic N) is 1. The maximum absolute atomic E-state index is 12.7. The molecule has 1 heterocycles. The first-order valence-electron chi connectivity index (χ1n) is 9.59. The lowest BCUT2D eigenvalue weighted by Crippen LogP contribution is -2.19. The number of ketones is 1.